The second kappa shape index (κ2) is 9.18. The van der Waals surface area contributed by atoms with Crippen LogP contribution in [-0.4, -0.2) is 51.1 Å². The van der Waals surface area contributed by atoms with Crippen molar-refractivity contribution in [1.82, 2.24) is 14.4 Å². The van der Waals surface area contributed by atoms with Crippen LogP contribution in [0.3, 0.4) is 0 Å². The van der Waals surface area contributed by atoms with E-state index in [9.17, 15) is 19.2 Å². The van der Waals surface area contributed by atoms with Crippen molar-refractivity contribution in [1.29, 1.82) is 5.26 Å². The Hall–Kier alpha value is -3.73. The molecule has 0 saturated carbocycles. The van der Waals surface area contributed by atoms with Gasteiger partial charge in [0, 0.05) is 35.8 Å². The number of nitriles is 1. The number of fused-ring (bicyclic) bond motifs is 1. The Labute approximate surface area is 185 Å². The number of aromatic nitrogens is 1. The van der Waals surface area contributed by atoms with Crippen molar-refractivity contribution in [3.05, 3.63) is 47.7 Å². The number of imide groups is 2. The van der Waals surface area contributed by atoms with Crippen molar-refractivity contribution in [2.45, 2.75) is 45.1 Å². The van der Waals surface area contributed by atoms with Crippen LogP contribution in [0.2, 0.25) is 0 Å². The number of urea groups is 1. The van der Waals surface area contributed by atoms with Gasteiger partial charge in [0.25, 0.3) is 0 Å². The van der Waals surface area contributed by atoms with E-state index in [1.54, 1.807) is 18.3 Å². The van der Waals surface area contributed by atoms with E-state index in [2.05, 4.69) is 12.1 Å². The quantitative estimate of drug-likeness (QED) is 0.275. The van der Waals surface area contributed by atoms with Crippen molar-refractivity contribution in [2.75, 3.05) is 13.1 Å². The monoisotopic (exact) mass is 432 g/mol. The van der Waals surface area contributed by atoms with Crippen LogP contribution in [0.5, 0.6) is 0 Å². The average molecular weight is 432 g/mol. The molecule has 32 heavy (non-hydrogen) atoms. The number of ketones is 1. The molecule has 8 heteroatoms. The first-order valence-corrected chi connectivity index (χ1v) is 10.8. The highest BCUT2D eigenvalue weighted by atomic mass is 16.2. The molecule has 4 rings (SSSR count). The van der Waals surface area contributed by atoms with E-state index in [0.29, 0.717) is 23.9 Å². The van der Waals surface area contributed by atoms with Gasteiger partial charge in [0.05, 0.1) is 19.0 Å². The summed E-state index contributed by atoms with van der Waals surface area (Å²) in [6.45, 7) is 0.0796. The number of hydrogen-bond donors (Lipinski definition) is 0. The minimum Gasteiger partial charge on any atom is -0.346 e. The zero-order chi connectivity index (χ0) is 22.7. The number of allylic oxidation sites excluding steroid dienone is 1. The second-order valence-electron chi connectivity index (χ2n) is 8.07. The summed E-state index contributed by atoms with van der Waals surface area (Å²) in [5.74, 6) is -2.27. The molecule has 4 amide bonds. The van der Waals surface area contributed by atoms with Crippen molar-refractivity contribution in [3.63, 3.8) is 0 Å². The van der Waals surface area contributed by atoms with E-state index in [1.165, 1.54) is 5.57 Å². The Morgan fingerprint density at radius 2 is 1.81 bits per heavy atom. The second-order valence-corrected chi connectivity index (χ2v) is 8.07. The number of para-hydroxylation sites is 1. The fourth-order valence-corrected chi connectivity index (χ4v) is 4.33. The third-order valence-electron chi connectivity index (χ3n) is 6.03. The summed E-state index contributed by atoms with van der Waals surface area (Å²) < 4.78 is 1.81. The molecule has 1 aliphatic carbocycles. The molecule has 0 bridgehead atoms. The lowest BCUT2D eigenvalue weighted by Crippen LogP contribution is -2.37. The molecule has 2 aliphatic rings. The number of rotatable bonds is 8. The Kier molecular flexibility index (Phi) is 6.17. The summed E-state index contributed by atoms with van der Waals surface area (Å²) in [4.78, 5) is 52.4. The van der Waals surface area contributed by atoms with Gasteiger partial charge >= 0.3 is 17.8 Å². The van der Waals surface area contributed by atoms with Crippen LogP contribution >= 0.6 is 0 Å². The van der Waals surface area contributed by atoms with Crippen LogP contribution in [-0.2, 0) is 16.1 Å². The predicted molar refractivity (Wildman–Crippen MR) is 116 cm³/mol. The third kappa shape index (κ3) is 4.06. The average Bonchev–Trinajstić information content (AvgIpc) is 3.28. The largest absolute Gasteiger partial charge is 0.346 e. The molecule has 0 N–H and O–H groups in total. The first-order chi connectivity index (χ1) is 15.5. The Bertz CT molecular complexity index is 1170. The number of hydrogen-bond acceptors (Lipinski definition) is 5. The van der Waals surface area contributed by atoms with Crippen molar-refractivity contribution < 1.29 is 19.2 Å². The van der Waals surface area contributed by atoms with Crippen LogP contribution in [0, 0.1) is 11.3 Å². The number of nitrogens with zero attached hydrogens (tertiary/aromatic N) is 4. The van der Waals surface area contributed by atoms with Gasteiger partial charge in [-0.2, -0.15) is 5.26 Å². The summed E-state index contributed by atoms with van der Waals surface area (Å²) >= 11 is 0. The molecule has 1 aliphatic heterocycles. The summed E-state index contributed by atoms with van der Waals surface area (Å²) in [7, 11) is 0. The molecule has 1 saturated heterocycles. The van der Waals surface area contributed by atoms with E-state index in [4.69, 9.17) is 5.26 Å². The van der Waals surface area contributed by atoms with Crippen LogP contribution in [0.4, 0.5) is 4.79 Å². The molecule has 1 aromatic carbocycles. The lowest BCUT2D eigenvalue weighted by molar-refractivity contribution is -0.143. The number of carbonyl (C=O) groups excluding carboxylic acids is 4. The maximum absolute atomic E-state index is 13.0. The molecular weight excluding hydrogens is 408 g/mol. The fraction of sp³-hybridized carbons (Fsp3) is 0.375. The summed E-state index contributed by atoms with van der Waals surface area (Å²) in [6.07, 6.45) is 8.81. The van der Waals surface area contributed by atoms with Gasteiger partial charge in [-0.15, -0.1) is 0 Å². The van der Waals surface area contributed by atoms with Crippen molar-refractivity contribution in [2.24, 2.45) is 0 Å². The van der Waals surface area contributed by atoms with Gasteiger partial charge in [-0.3, -0.25) is 19.3 Å². The van der Waals surface area contributed by atoms with Gasteiger partial charge in [0.2, 0.25) is 0 Å². The van der Waals surface area contributed by atoms with Gasteiger partial charge in [-0.05, 0) is 38.2 Å². The minimum atomic E-state index is -0.964. The molecule has 164 valence electrons. The van der Waals surface area contributed by atoms with Crippen LogP contribution in [0.1, 0.15) is 48.9 Å². The normalized spacial score (nSPS) is 16.6. The number of Topliss-reactive ketones (excluding diaryl/α,β-unsaturated/α-hetero) is 1. The van der Waals surface area contributed by atoms with Crippen LogP contribution in [0.15, 0.2) is 42.1 Å². The van der Waals surface area contributed by atoms with E-state index in [-0.39, 0.29) is 13.0 Å². The molecule has 2 aromatic rings. The highest BCUT2D eigenvalue weighted by Gasteiger charge is 2.45. The number of carbonyl (C=O) groups is 4. The maximum Gasteiger partial charge on any atom is 0.334 e. The fourth-order valence-electron chi connectivity index (χ4n) is 4.33. The molecule has 0 spiro atoms. The zero-order valence-electron chi connectivity index (χ0n) is 17.7. The maximum atomic E-state index is 13.0. The van der Waals surface area contributed by atoms with Crippen LogP contribution < -0.4 is 0 Å². The molecule has 1 fully saturated rings. The first kappa shape index (κ1) is 21.5. The number of benzene rings is 1. The Balaban J connectivity index is 1.50. The lowest BCUT2D eigenvalue weighted by Gasteiger charge is -2.17. The zero-order valence-corrected chi connectivity index (χ0v) is 17.7. The van der Waals surface area contributed by atoms with E-state index in [0.717, 1.165) is 41.0 Å². The smallest absolute Gasteiger partial charge is 0.334 e. The van der Waals surface area contributed by atoms with Gasteiger partial charge in [-0.25, -0.2) is 9.69 Å². The van der Waals surface area contributed by atoms with Gasteiger partial charge < -0.3 is 4.57 Å². The lowest BCUT2D eigenvalue weighted by atomic mass is 9.97. The summed E-state index contributed by atoms with van der Waals surface area (Å²) in [5.41, 5.74) is 2.35. The predicted octanol–water partition coefficient (Wildman–Crippen LogP) is 3.42. The van der Waals surface area contributed by atoms with Crippen LogP contribution in [0.25, 0.3) is 10.9 Å². The number of aryl methyl sites for hydroxylation is 1. The van der Waals surface area contributed by atoms with Gasteiger partial charge in [-0.1, -0.05) is 29.8 Å². The van der Waals surface area contributed by atoms with E-state index >= 15 is 0 Å². The Morgan fingerprint density at radius 1 is 1.03 bits per heavy atom. The van der Waals surface area contributed by atoms with Crippen molar-refractivity contribution in [3.8, 4) is 6.07 Å². The third-order valence-corrected chi connectivity index (χ3v) is 6.03. The molecular formula is C24H24N4O4. The molecule has 0 atom stereocenters. The standard InChI is InChI=1S/C24H24N4O4/c25-12-6-13-26-15-19(18-9-4-5-10-20(18)26)21(29)16-28-23(31)22(30)27(24(28)32)14-11-17-7-2-1-3-8-17/h4-5,7,9-10,15H,1-3,6,8,11,13-14,16H2. The number of amides is 4. The highest BCUT2D eigenvalue weighted by Crippen LogP contribution is 2.24. The molecule has 0 radical (unpaired) electrons. The molecule has 1 aromatic heterocycles. The van der Waals surface area contributed by atoms with Gasteiger partial charge in [0.15, 0.2) is 5.78 Å². The van der Waals surface area contributed by atoms with Gasteiger partial charge in [0.1, 0.15) is 0 Å². The SMILES string of the molecule is N#CCCn1cc(C(=O)CN2C(=O)C(=O)N(CCC3=CCCCC3)C2=O)c2ccccc21. The first-order valence-electron chi connectivity index (χ1n) is 10.8. The topological polar surface area (TPSA) is 103 Å². The minimum absolute atomic E-state index is 0.146. The van der Waals surface area contributed by atoms with E-state index in [1.807, 2.05) is 16.7 Å². The summed E-state index contributed by atoms with van der Waals surface area (Å²) in [5, 5.41) is 9.57. The Morgan fingerprint density at radius 3 is 2.56 bits per heavy atom. The molecule has 2 heterocycles. The highest BCUT2D eigenvalue weighted by molar-refractivity contribution is 6.45. The molecule has 0 unspecified atom stereocenters. The summed E-state index contributed by atoms with van der Waals surface area (Å²) in [6, 6.07) is 8.62. The van der Waals surface area contributed by atoms with E-state index < -0.39 is 30.2 Å². The van der Waals surface area contributed by atoms with Crippen molar-refractivity contribution >= 4 is 34.5 Å². The molecule has 8 nitrogen and oxygen atoms in total.